The fourth-order valence-electron chi connectivity index (χ4n) is 6.63. The molecule has 2 amide bonds. The van der Waals surface area contributed by atoms with E-state index < -0.39 is 40.2 Å². The normalized spacial score (nSPS) is 12.3. The summed E-state index contributed by atoms with van der Waals surface area (Å²) >= 11 is 0. The Morgan fingerprint density at radius 2 is 0.667 bits per heavy atom. The summed E-state index contributed by atoms with van der Waals surface area (Å²) in [6.45, 7) is 19.0. The maximum atomic E-state index is 13.3. The average Bonchev–Trinajstić information content (AvgIpc) is 3.04. The van der Waals surface area contributed by atoms with Crippen molar-refractivity contribution < 1.29 is 33.4 Å². The maximum Gasteiger partial charge on any atom is 0.315 e. The van der Waals surface area contributed by atoms with Gasteiger partial charge in [-0.25, -0.2) is 4.79 Å². The summed E-state index contributed by atoms with van der Waals surface area (Å²) in [4.78, 5) is 51.7. The molecule has 0 saturated carbocycles. The van der Waals surface area contributed by atoms with Gasteiger partial charge in [-0.3, -0.25) is 14.4 Å². The van der Waals surface area contributed by atoms with Crippen LogP contribution in [0.15, 0.2) is 0 Å². The summed E-state index contributed by atoms with van der Waals surface area (Å²) < 4.78 is 16.6. The molecule has 0 fully saturated rings. The summed E-state index contributed by atoms with van der Waals surface area (Å²) in [5.74, 6) is -1.23. The van der Waals surface area contributed by atoms with Crippen molar-refractivity contribution >= 4 is 23.9 Å². The van der Waals surface area contributed by atoms with E-state index in [4.69, 9.17) is 14.2 Å². The molecule has 9 heteroatoms. The van der Waals surface area contributed by atoms with Crippen molar-refractivity contribution in [3.8, 4) is 0 Å². The Morgan fingerprint density at radius 1 is 0.407 bits per heavy atom. The Bertz CT molecular complexity index is 928. The van der Waals surface area contributed by atoms with Crippen LogP contribution < -0.4 is 10.6 Å². The van der Waals surface area contributed by atoms with Crippen LogP contribution in [-0.2, 0) is 28.6 Å². The molecular weight excluding hydrogens is 681 g/mol. The van der Waals surface area contributed by atoms with Crippen LogP contribution >= 0.6 is 0 Å². The topological polar surface area (TPSA) is 120 Å². The van der Waals surface area contributed by atoms with Crippen LogP contribution in [0.1, 0.15) is 236 Å². The zero-order chi connectivity index (χ0) is 40.9. The number of carbonyl (C=O) groups is 4. The van der Waals surface area contributed by atoms with Crippen molar-refractivity contribution in [3.63, 3.8) is 0 Å². The van der Waals surface area contributed by atoms with Gasteiger partial charge < -0.3 is 24.8 Å². The SMILES string of the molecule is CCCCCCCCCCCCCCCCCCCCCCNC(=O)NC(CCC(=O)OC(C)(C)C)(CCC(=O)OC(C)(C)C)CCC(=O)OC(C)(C)C. The molecule has 0 aliphatic rings. The lowest BCUT2D eigenvalue weighted by molar-refractivity contribution is -0.155. The first kappa shape index (κ1) is 51.7. The van der Waals surface area contributed by atoms with Crippen molar-refractivity contribution in [1.29, 1.82) is 0 Å². The summed E-state index contributed by atoms with van der Waals surface area (Å²) in [7, 11) is 0. The highest BCUT2D eigenvalue weighted by atomic mass is 16.6. The highest BCUT2D eigenvalue weighted by Crippen LogP contribution is 2.28. The largest absolute Gasteiger partial charge is 0.460 e. The second-order valence-corrected chi connectivity index (χ2v) is 18.6. The Hall–Kier alpha value is -2.32. The van der Waals surface area contributed by atoms with Crippen LogP contribution in [0.4, 0.5) is 4.79 Å². The Kier molecular flexibility index (Phi) is 27.7. The summed E-state index contributed by atoms with van der Waals surface area (Å²) in [6.07, 6.45) is 27.0. The van der Waals surface area contributed by atoms with E-state index in [0.29, 0.717) is 6.54 Å². The monoisotopic (exact) mass is 767 g/mol. The van der Waals surface area contributed by atoms with Gasteiger partial charge in [0, 0.05) is 31.3 Å². The van der Waals surface area contributed by atoms with E-state index in [-0.39, 0.29) is 44.6 Å². The van der Waals surface area contributed by atoms with Gasteiger partial charge >= 0.3 is 23.9 Å². The number of hydrogen-bond donors (Lipinski definition) is 2. The lowest BCUT2D eigenvalue weighted by atomic mass is 9.83. The number of carbonyl (C=O) groups excluding carboxylic acids is 4. The molecule has 0 aromatic carbocycles. The molecule has 0 aliphatic heterocycles. The van der Waals surface area contributed by atoms with Crippen molar-refractivity contribution in [3.05, 3.63) is 0 Å². The number of esters is 3. The van der Waals surface area contributed by atoms with Gasteiger partial charge in [-0.15, -0.1) is 0 Å². The molecule has 0 atom stereocenters. The van der Waals surface area contributed by atoms with Crippen LogP contribution in [0, 0.1) is 0 Å². The molecule has 2 N–H and O–H groups in total. The molecule has 318 valence electrons. The van der Waals surface area contributed by atoms with Crippen molar-refractivity contribution in [2.75, 3.05) is 6.54 Å². The predicted molar refractivity (Wildman–Crippen MR) is 223 cm³/mol. The van der Waals surface area contributed by atoms with Gasteiger partial charge in [0.1, 0.15) is 16.8 Å². The fraction of sp³-hybridized carbons (Fsp3) is 0.911. The minimum atomic E-state index is -1.04. The van der Waals surface area contributed by atoms with E-state index >= 15 is 0 Å². The van der Waals surface area contributed by atoms with Gasteiger partial charge in [-0.2, -0.15) is 0 Å². The highest BCUT2D eigenvalue weighted by Gasteiger charge is 2.35. The minimum absolute atomic E-state index is 0.0134. The fourth-order valence-corrected chi connectivity index (χ4v) is 6.63. The Morgan fingerprint density at radius 3 is 0.926 bits per heavy atom. The van der Waals surface area contributed by atoms with E-state index in [0.717, 1.165) is 19.3 Å². The smallest absolute Gasteiger partial charge is 0.315 e. The molecule has 0 radical (unpaired) electrons. The third-order valence-electron chi connectivity index (χ3n) is 9.38. The van der Waals surface area contributed by atoms with Crippen LogP contribution in [0.5, 0.6) is 0 Å². The maximum absolute atomic E-state index is 13.3. The van der Waals surface area contributed by atoms with Crippen LogP contribution in [0.3, 0.4) is 0 Å². The standard InChI is InChI=1S/C45H86N2O7/c1-11-12-13-14-15-16-17-18-19-20-21-22-23-24-25-26-27-28-29-30-37-46-41(51)47-45(34-31-38(48)52-42(2,3)4,35-32-39(49)53-43(5,6)7)36-33-40(50)54-44(8,9)10/h11-37H2,1-10H3,(H2,46,47,51). The number of nitrogens with one attached hydrogen (secondary N) is 2. The average molecular weight is 767 g/mol. The Labute approximate surface area is 332 Å². The first-order chi connectivity index (χ1) is 25.3. The number of hydrogen-bond acceptors (Lipinski definition) is 7. The van der Waals surface area contributed by atoms with Crippen molar-refractivity contribution in [2.45, 2.75) is 259 Å². The van der Waals surface area contributed by atoms with Gasteiger partial charge in [0.25, 0.3) is 0 Å². The first-order valence-electron chi connectivity index (χ1n) is 22.0. The third kappa shape index (κ3) is 34.2. The van der Waals surface area contributed by atoms with Gasteiger partial charge in [0.05, 0.1) is 0 Å². The molecule has 0 rings (SSSR count). The molecule has 54 heavy (non-hydrogen) atoms. The molecule has 0 heterocycles. The molecule has 0 aromatic rings. The summed E-state index contributed by atoms with van der Waals surface area (Å²) in [5.41, 5.74) is -3.03. The summed E-state index contributed by atoms with van der Waals surface area (Å²) in [5, 5.41) is 6.05. The van der Waals surface area contributed by atoms with Gasteiger partial charge in [-0.05, 0) is 88.0 Å². The van der Waals surface area contributed by atoms with Crippen molar-refractivity contribution in [1.82, 2.24) is 10.6 Å². The van der Waals surface area contributed by atoms with Gasteiger partial charge in [0.15, 0.2) is 0 Å². The number of urea groups is 1. The number of ether oxygens (including phenoxy) is 3. The highest BCUT2D eigenvalue weighted by molar-refractivity contribution is 5.76. The second kappa shape index (κ2) is 29.0. The molecule has 0 aliphatic carbocycles. The molecule has 0 unspecified atom stereocenters. The first-order valence-corrected chi connectivity index (χ1v) is 22.0. The van der Waals surface area contributed by atoms with E-state index in [2.05, 4.69) is 17.6 Å². The number of unbranched alkanes of at least 4 members (excludes halogenated alkanes) is 19. The van der Waals surface area contributed by atoms with E-state index in [1.54, 1.807) is 62.3 Å². The minimum Gasteiger partial charge on any atom is -0.460 e. The van der Waals surface area contributed by atoms with Crippen LogP contribution in [0.25, 0.3) is 0 Å². The second-order valence-electron chi connectivity index (χ2n) is 18.6. The molecule has 0 bridgehead atoms. The van der Waals surface area contributed by atoms with E-state index in [1.807, 2.05) is 0 Å². The lowest BCUT2D eigenvalue weighted by Gasteiger charge is -2.35. The van der Waals surface area contributed by atoms with E-state index in [9.17, 15) is 19.2 Å². The van der Waals surface area contributed by atoms with Gasteiger partial charge in [-0.1, -0.05) is 129 Å². The predicted octanol–water partition coefficient (Wildman–Crippen LogP) is 12.2. The van der Waals surface area contributed by atoms with Crippen molar-refractivity contribution in [2.24, 2.45) is 0 Å². The van der Waals surface area contributed by atoms with Gasteiger partial charge in [0.2, 0.25) is 0 Å². The zero-order valence-corrected chi connectivity index (χ0v) is 36.9. The number of rotatable bonds is 31. The van der Waals surface area contributed by atoms with Crippen LogP contribution in [0.2, 0.25) is 0 Å². The lowest BCUT2D eigenvalue weighted by Crippen LogP contribution is -2.53. The molecule has 0 saturated heterocycles. The molecule has 9 nitrogen and oxygen atoms in total. The quantitative estimate of drug-likeness (QED) is 0.0409. The molecular formula is C45H86N2O7. The molecule has 0 aromatic heterocycles. The summed E-state index contributed by atoms with van der Waals surface area (Å²) in [6, 6.07) is -0.384. The third-order valence-corrected chi connectivity index (χ3v) is 9.38. The molecule has 0 spiro atoms. The Balaban J connectivity index is 4.75. The number of amides is 2. The van der Waals surface area contributed by atoms with E-state index in [1.165, 1.54) is 109 Å². The van der Waals surface area contributed by atoms with Crippen LogP contribution in [-0.4, -0.2) is 52.8 Å². The zero-order valence-electron chi connectivity index (χ0n) is 36.9.